The lowest BCUT2D eigenvalue weighted by atomic mass is 9.77. The van der Waals surface area contributed by atoms with Crippen LogP contribution < -0.4 is 0 Å². The second-order valence-corrected chi connectivity index (χ2v) is 4.98. The lowest BCUT2D eigenvalue weighted by Crippen LogP contribution is -2.15. The van der Waals surface area contributed by atoms with Crippen molar-refractivity contribution in [3.05, 3.63) is 9.66 Å². The molecule has 1 aliphatic rings. The summed E-state index contributed by atoms with van der Waals surface area (Å²) in [6, 6.07) is 0. The Labute approximate surface area is 96.3 Å². The molecule has 13 heavy (non-hydrogen) atoms. The van der Waals surface area contributed by atoms with E-state index in [0.29, 0.717) is 5.41 Å². The fourth-order valence-electron chi connectivity index (χ4n) is 2.50. The van der Waals surface area contributed by atoms with Crippen molar-refractivity contribution < 1.29 is 0 Å². The maximum Gasteiger partial charge on any atom is -0.0242 e. The minimum atomic E-state index is 0.688. The van der Waals surface area contributed by atoms with Gasteiger partial charge in [0.1, 0.15) is 0 Å². The zero-order valence-corrected chi connectivity index (χ0v) is 11.1. The standard InChI is InChI=1S/C12H21I/c1-3-11(10-13)9-12(4-2)7-5-6-8-12/h10H,3-9H2,1-2H3/b11-10+. The first-order chi connectivity index (χ1) is 6.26. The van der Waals surface area contributed by atoms with Crippen LogP contribution in [0, 0.1) is 5.41 Å². The molecule has 0 atom stereocenters. The summed E-state index contributed by atoms with van der Waals surface area (Å²) in [6.07, 6.45) is 9.85. The number of hydrogen-bond donors (Lipinski definition) is 0. The smallest absolute Gasteiger partial charge is 0.0242 e. The van der Waals surface area contributed by atoms with Crippen LogP contribution in [0.5, 0.6) is 0 Å². The molecule has 0 aromatic carbocycles. The molecule has 1 saturated carbocycles. The molecule has 0 heterocycles. The molecule has 0 spiro atoms. The second kappa shape index (κ2) is 5.38. The fraction of sp³-hybridized carbons (Fsp3) is 0.833. The highest BCUT2D eigenvalue weighted by Gasteiger charge is 2.31. The summed E-state index contributed by atoms with van der Waals surface area (Å²) < 4.78 is 2.30. The highest BCUT2D eigenvalue weighted by atomic mass is 127. The zero-order valence-electron chi connectivity index (χ0n) is 8.91. The Morgan fingerprint density at radius 2 is 1.92 bits per heavy atom. The lowest BCUT2D eigenvalue weighted by Gasteiger charge is -2.28. The Hall–Kier alpha value is 0.470. The van der Waals surface area contributed by atoms with Gasteiger partial charge in [0.05, 0.1) is 0 Å². The van der Waals surface area contributed by atoms with E-state index in [1.807, 2.05) is 0 Å². The highest BCUT2D eigenvalue weighted by molar-refractivity contribution is 14.1. The third-order valence-electron chi connectivity index (χ3n) is 3.62. The second-order valence-electron chi connectivity index (χ2n) is 4.36. The third kappa shape index (κ3) is 2.97. The average molecular weight is 292 g/mol. The van der Waals surface area contributed by atoms with Gasteiger partial charge in [0, 0.05) is 0 Å². The van der Waals surface area contributed by atoms with Gasteiger partial charge in [-0.15, -0.1) is 0 Å². The average Bonchev–Trinajstić information content (AvgIpc) is 2.63. The van der Waals surface area contributed by atoms with Crippen molar-refractivity contribution in [3.8, 4) is 0 Å². The summed E-state index contributed by atoms with van der Waals surface area (Å²) >= 11 is 2.40. The van der Waals surface area contributed by atoms with Gasteiger partial charge >= 0.3 is 0 Å². The van der Waals surface area contributed by atoms with E-state index in [0.717, 1.165) is 0 Å². The van der Waals surface area contributed by atoms with Crippen molar-refractivity contribution in [2.45, 2.75) is 58.8 Å². The van der Waals surface area contributed by atoms with Crippen LogP contribution in [0.25, 0.3) is 0 Å². The van der Waals surface area contributed by atoms with E-state index in [9.17, 15) is 0 Å². The summed E-state index contributed by atoms with van der Waals surface area (Å²) in [5.74, 6) is 0. The van der Waals surface area contributed by atoms with Gasteiger partial charge in [-0.1, -0.05) is 61.3 Å². The molecule has 1 heteroatoms. The SMILES string of the molecule is CC/C(=C\I)CC1(CC)CCCC1. The number of rotatable bonds is 4. The van der Waals surface area contributed by atoms with Gasteiger partial charge < -0.3 is 0 Å². The van der Waals surface area contributed by atoms with E-state index in [-0.39, 0.29) is 0 Å². The van der Waals surface area contributed by atoms with Gasteiger partial charge in [0.25, 0.3) is 0 Å². The van der Waals surface area contributed by atoms with Gasteiger partial charge in [-0.25, -0.2) is 0 Å². The quantitative estimate of drug-likeness (QED) is 0.634. The van der Waals surface area contributed by atoms with Crippen LogP contribution in [-0.4, -0.2) is 0 Å². The van der Waals surface area contributed by atoms with Crippen LogP contribution in [0.3, 0.4) is 0 Å². The number of halogens is 1. The van der Waals surface area contributed by atoms with E-state index >= 15 is 0 Å². The van der Waals surface area contributed by atoms with Crippen LogP contribution in [-0.2, 0) is 0 Å². The molecule has 0 bridgehead atoms. The van der Waals surface area contributed by atoms with Gasteiger partial charge in [0.15, 0.2) is 0 Å². The van der Waals surface area contributed by atoms with Gasteiger partial charge in [-0.3, -0.25) is 0 Å². The van der Waals surface area contributed by atoms with Gasteiger partial charge in [-0.05, 0) is 35.2 Å². The van der Waals surface area contributed by atoms with E-state index < -0.39 is 0 Å². The minimum absolute atomic E-state index is 0.688. The molecule has 76 valence electrons. The molecule has 0 unspecified atom stereocenters. The Kier molecular flexibility index (Phi) is 4.77. The summed E-state index contributed by atoms with van der Waals surface area (Å²) in [5.41, 5.74) is 2.34. The zero-order chi connectivity index (χ0) is 9.73. The largest absolute Gasteiger partial charge is 0.0648 e. The Balaban J connectivity index is 2.57. The molecule has 1 aliphatic carbocycles. The van der Waals surface area contributed by atoms with Crippen molar-refractivity contribution in [2.75, 3.05) is 0 Å². The molecule has 0 N–H and O–H groups in total. The van der Waals surface area contributed by atoms with Crippen LogP contribution >= 0.6 is 22.6 Å². The summed E-state index contributed by atoms with van der Waals surface area (Å²) in [5, 5.41) is 0. The van der Waals surface area contributed by atoms with Crippen molar-refractivity contribution >= 4 is 22.6 Å². The molecule has 0 amide bonds. The van der Waals surface area contributed by atoms with E-state index in [1.54, 1.807) is 5.57 Å². The fourth-order valence-corrected chi connectivity index (χ4v) is 3.16. The number of allylic oxidation sites excluding steroid dienone is 1. The molecular formula is C12H21I. The molecule has 1 fully saturated rings. The molecule has 1 rings (SSSR count). The summed E-state index contributed by atoms with van der Waals surface area (Å²) in [6.45, 7) is 4.65. The topological polar surface area (TPSA) is 0 Å². The van der Waals surface area contributed by atoms with Crippen LogP contribution in [0.4, 0.5) is 0 Å². The Bertz CT molecular complexity index is 176. The van der Waals surface area contributed by atoms with E-state index in [1.165, 1.54) is 44.9 Å². The van der Waals surface area contributed by atoms with Gasteiger partial charge in [0.2, 0.25) is 0 Å². The molecule has 0 aromatic rings. The first-order valence-corrected chi connectivity index (χ1v) is 6.79. The molecule has 0 nitrogen and oxygen atoms in total. The van der Waals surface area contributed by atoms with Crippen molar-refractivity contribution in [3.63, 3.8) is 0 Å². The normalized spacial score (nSPS) is 22.2. The Morgan fingerprint density at radius 1 is 1.31 bits per heavy atom. The maximum atomic E-state index is 2.40. The molecule has 0 saturated heterocycles. The molecule has 0 radical (unpaired) electrons. The minimum Gasteiger partial charge on any atom is -0.0648 e. The van der Waals surface area contributed by atoms with Gasteiger partial charge in [-0.2, -0.15) is 0 Å². The molecular weight excluding hydrogens is 271 g/mol. The maximum absolute atomic E-state index is 2.40. The van der Waals surface area contributed by atoms with Crippen LogP contribution in [0.1, 0.15) is 58.8 Å². The predicted molar refractivity (Wildman–Crippen MR) is 68.2 cm³/mol. The molecule has 0 aromatic heterocycles. The highest BCUT2D eigenvalue weighted by Crippen LogP contribution is 2.46. The van der Waals surface area contributed by atoms with Crippen LogP contribution in [0.15, 0.2) is 9.66 Å². The van der Waals surface area contributed by atoms with Crippen molar-refractivity contribution in [1.29, 1.82) is 0 Å². The van der Waals surface area contributed by atoms with Crippen molar-refractivity contribution in [2.24, 2.45) is 5.41 Å². The Morgan fingerprint density at radius 3 is 2.31 bits per heavy atom. The summed E-state index contributed by atoms with van der Waals surface area (Å²) in [7, 11) is 0. The van der Waals surface area contributed by atoms with E-state index in [4.69, 9.17) is 0 Å². The van der Waals surface area contributed by atoms with Crippen molar-refractivity contribution in [1.82, 2.24) is 0 Å². The first-order valence-electron chi connectivity index (χ1n) is 5.54. The third-order valence-corrected chi connectivity index (χ3v) is 4.51. The summed E-state index contributed by atoms with van der Waals surface area (Å²) in [4.78, 5) is 0. The number of hydrogen-bond acceptors (Lipinski definition) is 0. The molecule has 0 aliphatic heterocycles. The van der Waals surface area contributed by atoms with E-state index in [2.05, 4.69) is 40.5 Å². The lowest BCUT2D eigenvalue weighted by molar-refractivity contribution is 0.279. The predicted octanol–water partition coefficient (Wildman–Crippen LogP) is 5.08. The first kappa shape index (κ1) is 11.5. The van der Waals surface area contributed by atoms with Crippen LogP contribution in [0.2, 0.25) is 0 Å². The monoisotopic (exact) mass is 292 g/mol.